The van der Waals surface area contributed by atoms with Crippen LogP contribution in [0.4, 0.5) is 0 Å². The summed E-state index contributed by atoms with van der Waals surface area (Å²) < 4.78 is 8.46. The van der Waals surface area contributed by atoms with Crippen molar-refractivity contribution in [2.75, 3.05) is 13.2 Å². The lowest BCUT2D eigenvalue weighted by atomic mass is 9.89. The zero-order valence-electron chi connectivity index (χ0n) is 13.2. The van der Waals surface area contributed by atoms with Crippen molar-refractivity contribution in [3.63, 3.8) is 0 Å². The molecule has 0 bridgehead atoms. The summed E-state index contributed by atoms with van der Waals surface area (Å²) in [5, 5.41) is 3.66. The second-order valence-corrected chi connectivity index (χ2v) is 5.65. The molecule has 1 aromatic rings. The number of aryl methyl sites for hydroxylation is 1. The Morgan fingerprint density at radius 2 is 2.10 bits per heavy atom. The van der Waals surface area contributed by atoms with E-state index in [2.05, 4.69) is 41.8 Å². The van der Waals surface area contributed by atoms with Crippen LogP contribution >= 0.6 is 0 Å². The minimum absolute atomic E-state index is 0.00921. The molecule has 0 spiro atoms. The Hall–Kier alpha value is -0.870. The second kappa shape index (κ2) is 7.23. The third-order valence-electron chi connectivity index (χ3n) is 4.50. The fourth-order valence-electron chi connectivity index (χ4n) is 3.55. The van der Waals surface area contributed by atoms with Crippen molar-refractivity contribution in [2.45, 2.75) is 71.1 Å². The zero-order chi connectivity index (χ0) is 14.4. The molecule has 1 aliphatic carbocycles. The van der Waals surface area contributed by atoms with Crippen LogP contribution in [0.2, 0.25) is 0 Å². The van der Waals surface area contributed by atoms with E-state index in [1.807, 2.05) is 6.20 Å². The molecule has 1 unspecified atom stereocenters. The van der Waals surface area contributed by atoms with Gasteiger partial charge < -0.3 is 14.6 Å². The van der Waals surface area contributed by atoms with Crippen LogP contribution in [0.15, 0.2) is 12.4 Å². The highest BCUT2D eigenvalue weighted by Gasteiger charge is 2.42. The van der Waals surface area contributed by atoms with Gasteiger partial charge in [0.25, 0.3) is 0 Å². The summed E-state index contributed by atoms with van der Waals surface area (Å²) in [5.41, 5.74) is 0.00921. The predicted molar refractivity (Wildman–Crippen MR) is 81.9 cm³/mol. The smallest absolute Gasteiger partial charge is 0.110 e. The van der Waals surface area contributed by atoms with Crippen LogP contribution < -0.4 is 5.32 Å². The highest BCUT2D eigenvalue weighted by atomic mass is 16.5. The topological polar surface area (TPSA) is 39.1 Å². The number of hydrogen-bond acceptors (Lipinski definition) is 3. The molecule has 2 rings (SSSR count). The molecule has 1 aromatic heterocycles. The number of hydrogen-bond donors (Lipinski definition) is 1. The molecule has 1 N–H and O–H groups in total. The second-order valence-electron chi connectivity index (χ2n) is 5.65. The summed E-state index contributed by atoms with van der Waals surface area (Å²) in [6.45, 7) is 9.21. The highest BCUT2D eigenvalue weighted by Crippen LogP contribution is 2.37. The molecule has 4 nitrogen and oxygen atoms in total. The largest absolute Gasteiger partial charge is 0.374 e. The summed E-state index contributed by atoms with van der Waals surface area (Å²) in [6.07, 6.45) is 9.84. The van der Waals surface area contributed by atoms with Crippen molar-refractivity contribution in [1.29, 1.82) is 0 Å². The summed E-state index contributed by atoms with van der Waals surface area (Å²) >= 11 is 0. The van der Waals surface area contributed by atoms with E-state index in [4.69, 9.17) is 4.74 Å². The van der Waals surface area contributed by atoms with Gasteiger partial charge in [0, 0.05) is 38.0 Å². The van der Waals surface area contributed by atoms with Crippen LogP contribution in [0, 0.1) is 0 Å². The fourth-order valence-corrected chi connectivity index (χ4v) is 3.55. The van der Waals surface area contributed by atoms with Crippen molar-refractivity contribution >= 4 is 0 Å². The van der Waals surface area contributed by atoms with E-state index >= 15 is 0 Å². The Bertz CT molecular complexity index is 396. The number of nitrogens with one attached hydrogen (secondary N) is 1. The highest BCUT2D eigenvalue weighted by molar-refractivity contribution is 5.04. The van der Waals surface area contributed by atoms with Crippen LogP contribution in [-0.2, 0) is 17.7 Å². The number of ether oxygens (including phenoxy) is 1. The molecular formula is C16H29N3O. The van der Waals surface area contributed by atoms with E-state index in [1.54, 1.807) is 0 Å². The number of imidazole rings is 1. The molecule has 0 aliphatic heterocycles. The van der Waals surface area contributed by atoms with Gasteiger partial charge in [0.05, 0.1) is 5.60 Å². The van der Waals surface area contributed by atoms with Crippen LogP contribution in [0.1, 0.15) is 52.3 Å². The minimum atomic E-state index is 0.00921. The molecule has 0 aromatic carbocycles. The molecule has 0 amide bonds. The standard InChI is InChI=1S/C16H29N3O/c1-4-17-14(13-15-18-11-12-19(15)5-2)16(20-6-3)9-7-8-10-16/h11-12,14,17H,4-10,13H2,1-3H3. The fraction of sp³-hybridized carbons (Fsp3) is 0.812. The summed E-state index contributed by atoms with van der Waals surface area (Å²) in [4.78, 5) is 4.54. The molecule has 0 saturated heterocycles. The Balaban J connectivity index is 2.16. The van der Waals surface area contributed by atoms with E-state index in [1.165, 1.54) is 31.5 Å². The first-order valence-electron chi connectivity index (χ1n) is 8.13. The van der Waals surface area contributed by atoms with E-state index in [9.17, 15) is 0 Å². The number of likely N-dealkylation sites (N-methyl/N-ethyl adjacent to an activating group) is 1. The molecule has 4 heteroatoms. The maximum Gasteiger partial charge on any atom is 0.110 e. The first-order valence-corrected chi connectivity index (χ1v) is 8.13. The normalized spacial score (nSPS) is 19.4. The maximum absolute atomic E-state index is 6.23. The van der Waals surface area contributed by atoms with Gasteiger partial charge in [-0.3, -0.25) is 0 Å². The first kappa shape index (κ1) is 15.5. The third-order valence-corrected chi connectivity index (χ3v) is 4.50. The number of aromatic nitrogens is 2. The quantitative estimate of drug-likeness (QED) is 0.795. The van der Waals surface area contributed by atoms with Gasteiger partial charge in [-0.05, 0) is 33.2 Å². The van der Waals surface area contributed by atoms with Crippen molar-refractivity contribution in [3.8, 4) is 0 Å². The van der Waals surface area contributed by atoms with Crippen molar-refractivity contribution < 1.29 is 4.74 Å². The molecule has 0 radical (unpaired) electrons. The van der Waals surface area contributed by atoms with Gasteiger partial charge >= 0.3 is 0 Å². The third kappa shape index (κ3) is 3.23. The van der Waals surface area contributed by atoms with Gasteiger partial charge in [0.1, 0.15) is 5.82 Å². The lowest BCUT2D eigenvalue weighted by Gasteiger charge is -2.38. The van der Waals surface area contributed by atoms with E-state index in [-0.39, 0.29) is 5.60 Å². The van der Waals surface area contributed by atoms with Crippen LogP contribution in [0.3, 0.4) is 0 Å². The SMILES string of the molecule is CCNC(Cc1nccn1CC)C1(OCC)CCCC1. The molecule has 20 heavy (non-hydrogen) atoms. The molecular weight excluding hydrogens is 250 g/mol. The zero-order valence-corrected chi connectivity index (χ0v) is 13.2. The number of rotatable bonds is 8. The van der Waals surface area contributed by atoms with Gasteiger partial charge in [-0.1, -0.05) is 19.8 Å². The van der Waals surface area contributed by atoms with Crippen LogP contribution in [0.25, 0.3) is 0 Å². The number of nitrogens with zero attached hydrogens (tertiary/aromatic N) is 2. The Morgan fingerprint density at radius 1 is 1.35 bits per heavy atom. The van der Waals surface area contributed by atoms with Gasteiger partial charge in [-0.2, -0.15) is 0 Å². The molecule has 1 aliphatic rings. The van der Waals surface area contributed by atoms with Crippen LogP contribution in [0.5, 0.6) is 0 Å². The van der Waals surface area contributed by atoms with E-state index < -0.39 is 0 Å². The first-order chi connectivity index (χ1) is 9.75. The predicted octanol–water partition coefficient (Wildman–Crippen LogP) is 2.77. The van der Waals surface area contributed by atoms with Crippen molar-refractivity contribution in [1.82, 2.24) is 14.9 Å². The van der Waals surface area contributed by atoms with E-state index in [0.717, 1.165) is 26.1 Å². The molecule has 1 saturated carbocycles. The maximum atomic E-state index is 6.23. The Labute approximate surface area is 122 Å². The summed E-state index contributed by atoms with van der Waals surface area (Å²) in [6, 6.07) is 0.364. The van der Waals surface area contributed by atoms with Crippen LogP contribution in [-0.4, -0.2) is 34.3 Å². The average molecular weight is 279 g/mol. The molecule has 1 heterocycles. The Kier molecular flexibility index (Phi) is 5.61. The lowest BCUT2D eigenvalue weighted by molar-refractivity contribution is -0.0614. The van der Waals surface area contributed by atoms with Gasteiger partial charge in [0.2, 0.25) is 0 Å². The summed E-state index contributed by atoms with van der Waals surface area (Å²) in [7, 11) is 0. The minimum Gasteiger partial charge on any atom is -0.374 e. The molecule has 1 fully saturated rings. The summed E-state index contributed by atoms with van der Waals surface area (Å²) in [5.74, 6) is 1.17. The lowest BCUT2D eigenvalue weighted by Crippen LogP contribution is -2.52. The average Bonchev–Trinajstić information content (AvgIpc) is 3.08. The molecule has 114 valence electrons. The van der Waals surface area contributed by atoms with Gasteiger partial charge in [-0.15, -0.1) is 0 Å². The monoisotopic (exact) mass is 279 g/mol. The van der Waals surface area contributed by atoms with Crippen molar-refractivity contribution in [2.24, 2.45) is 0 Å². The van der Waals surface area contributed by atoms with Gasteiger partial charge in [0.15, 0.2) is 0 Å². The van der Waals surface area contributed by atoms with Crippen molar-refractivity contribution in [3.05, 3.63) is 18.2 Å². The van der Waals surface area contributed by atoms with E-state index in [0.29, 0.717) is 6.04 Å². The Morgan fingerprint density at radius 3 is 2.70 bits per heavy atom. The molecule has 1 atom stereocenters. The van der Waals surface area contributed by atoms with Gasteiger partial charge in [-0.25, -0.2) is 4.98 Å².